The van der Waals surface area contributed by atoms with Gasteiger partial charge >= 0.3 is 11.8 Å². The van der Waals surface area contributed by atoms with E-state index in [2.05, 4.69) is 10.6 Å². The second-order valence-corrected chi connectivity index (χ2v) is 4.48. The van der Waals surface area contributed by atoms with Gasteiger partial charge in [0.15, 0.2) is 0 Å². The lowest BCUT2D eigenvalue weighted by atomic mass is 10.2. The Morgan fingerprint density at radius 3 is 2.53 bits per heavy atom. The second-order valence-electron chi connectivity index (χ2n) is 4.48. The van der Waals surface area contributed by atoms with Crippen molar-refractivity contribution < 1.29 is 14.0 Å². The minimum Gasteiger partial charge on any atom is -0.347 e. The van der Waals surface area contributed by atoms with E-state index in [0.29, 0.717) is 18.7 Å². The number of benzene rings is 1. The van der Waals surface area contributed by atoms with Gasteiger partial charge in [0, 0.05) is 18.8 Å². The fraction of sp³-hybridized carbons (Fsp3) is 0.385. The highest BCUT2D eigenvalue weighted by Gasteiger charge is 2.13. The van der Waals surface area contributed by atoms with Crippen molar-refractivity contribution in [3.63, 3.8) is 0 Å². The van der Waals surface area contributed by atoms with Gasteiger partial charge in [-0.25, -0.2) is 4.39 Å². The molecule has 104 valence electrons. The van der Waals surface area contributed by atoms with Gasteiger partial charge in [-0.1, -0.05) is 6.07 Å². The van der Waals surface area contributed by atoms with E-state index in [9.17, 15) is 14.0 Å². The molecule has 0 aliphatic heterocycles. The van der Waals surface area contributed by atoms with Crippen molar-refractivity contribution in [3.8, 4) is 0 Å². The summed E-state index contributed by atoms with van der Waals surface area (Å²) in [6, 6.07) is 4.26. The van der Waals surface area contributed by atoms with Crippen LogP contribution < -0.4 is 10.6 Å². The van der Waals surface area contributed by atoms with E-state index in [4.69, 9.17) is 0 Å². The molecule has 0 bridgehead atoms. The summed E-state index contributed by atoms with van der Waals surface area (Å²) in [7, 11) is 3.72. The lowest BCUT2D eigenvalue weighted by Crippen LogP contribution is -2.38. The summed E-state index contributed by atoms with van der Waals surface area (Å²) in [5, 5.41) is 4.82. The van der Waals surface area contributed by atoms with Crippen molar-refractivity contribution in [3.05, 3.63) is 29.6 Å². The molecule has 0 aliphatic rings. The third kappa shape index (κ3) is 5.05. The van der Waals surface area contributed by atoms with E-state index in [1.54, 1.807) is 13.0 Å². The van der Waals surface area contributed by atoms with Gasteiger partial charge in [-0.3, -0.25) is 9.59 Å². The number of hydrogen-bond acceptors (Lipinski definition) is 3. The zero-order chi connectivity index (χ0) is 14.4. The number of nitrogens with one attached hydrogen (secondary N) is 2. The third-order valence-corrected chi connectivity index (χ3v) is 2.48. The van der Waals surface area contributed by atoms with Crippen molar-refractivity contribution in [1.82, 2.24) is 10.2 Å². The number of rotatable bonds is 4. The Kier molecular flexibility index (Phi) is 5.44. The van der Waals surface area contributed by atoms with Crippen LogP contribution in [0.2, 0.25) is 0 Å². The maximum atomic E-state index is 13.3. The summed E-state index contributed by atoms with van der Waals surface area (Å²) in [5.74, 6) is -1.96. The van der Waals surface area contributed by atoms with Gasteiger partial charge in [-0.15, -0.1) is 0 Å². The average molecular weight is 267 g/mol. The highest BCUT2D eigenvalue weighted by atomic mass is 19.1. The van der Waals surface area contributed by atoms with E-state index in [-0.39, 0.29) is 5.69 Å². The molecule has 0 aliphatic carbocycles. The molecule has 19 heavy (non-hydrogen) atoms. The Hall–Kier alpha value is -1.95. The summed E-state index contributed by atoms with van der Waals surface area (Å²) in [4.78, 5) is 24.9. The van der Waals surface area contributed by atoms with Gasteiger partial charge in [-0.05, 0) is 38.7 Å². The number of anilines is 1. The van der Waals surface area contributed by atoms with Gasteiger partial charge in [0.25, 0.3) is 0 Å². The molecule has 2 N–H and O–H groups in total. The number of halogens is 1. The van der Waals surface area contributed by atoms with Crippen LogP contribution in [0.3, 0.4) is 0 Å². The molecule has 0 spiro atoms. The first-order valence-corrected chi connectivity index (χ1v) is 5.90. The fourth-order valence-corrected chi connectivity index (χ4v) is 1.33. The number of aryl methyl sites for hydroxylation is 1. The van der Waals surface area contributed by atoms with Crippen LogP contribution in [-0.4, -0.2) is 43.9 Å². The smallest absolute Gasteiger partial charge is 0.313 e. The summed E-state index contributed by atoms with van der Waals surface area (Å²) in [5.41, 5.74) is 0.740. The average Bonchev–Trinajstić information content (AvgIpc) is 2.33. The molecular formula is C13H18FN3O2. The molecule has 1 rings (SSSR count). The molecule has 0 atom stereocenters. The molecule has 1 aromatic rings. The zero-order valence-electron chi connectivity index (χ0n) is 11.3. The van der Waals surface area contributed by atoms with Crippen LogP contribution in [-0.2, 0) is 9.59 Å². The number of nitrogens with zero attached hydrogens (tertiary/aromatic N) is 1. The van der Waals surface area contributed by atoms with Gasteiger partial charge in [0.05, 0.1) is 0 Å². The molecule has 0 aromatic heterocycles. The Morgan fingerprint density at radius 2 is 1.95 bits per heavy atom. The van der Waals surface area contributed by atoms with Crippen molar-refractivity contribution in [2.75, 3.05) is 32.5 Å². The van der Waals surface area contributed by atoms with Crippen molar-refractivity contribution in [1.29, 1.82) is 0 Å². The van der Waals surface area contributed by atoms with Crippen LogP contribution in [0.5, 0.6) is 0 Å². The highest BCUT2D eigenvalue weighted by molar-refractivity contribution is 6.39. The largest absolute Gasteiger partial charge is 0.347 e. The summed E-state index contributed by atoms with van der Waals surface area (Å²) >= 11 is 0. The van der Waals surface area contributed by atoms with E-state index in [1.807, 2.05) is 19.0 Å². The number of amides is 2. The minimum atomic E-state index is -0.804. The van der Waals surface area contributed by atoms with Crippen LogP contribution >= 0.6 is 0 Å². The quantitative estimate of drug-likeness (QED) is 0.791. The Bertz CT molecular complexity index is 475. The van der Waals surface area contributed by atoms with Crippen LogP contribution in [0, 0.1) is 12.7 Å². The molecule has 2 amide bonds. The number of likely N-dealkylation sites (N-methyl/N-ethyl adjacent to an activating group) is 1. The SMILES string of the molecule is Cc1ccc(NC(=O)C(=O)NCCN(C)C)cc1F. The summed E-state index contributed by atoms with van der Waals surface area (Å²) in [6.07, 6.45) is 0. The molecule has 0 saturated carbocycles. The highest BCUT2D eigenvalue weighted by Crippen LogP contribution is 2.13. The maximum Gasteiger partial charge on any atom is 0.313 e. The normalized spacial score (nSPS) is 10.4. The van der Waals surface area contributed by atoms with Gasteiger partial charge in [0.1, 0.15) is 5.82 Å². The third-order valence-electron chi connectivity index (χ3n) is 2.48. The first kappa shape index (κ1) is 15.1. The number of carbonyl (C=O) groups is 2. The molecule has 0 unspecified atom stereocenters. The molecule has 1 aromatic carbocycles. The van der Waals surface area contributed by atoms with Crippen LogP contribution in [0.1, 0.15) is 5.56 Å². The molecular weight excluding hydrogens is 249 g/mol. The standard InChI is InChI=1S/C13H18FN3O2/c1-9-4-5-10(8-11(9)14)16-13(19)12(18)15-6-7-17(2)3/h4-5,8H,6-7H2,1-3H3,(H,15,18)(H,16,19). The van der Waals surface area contributed by atoms with Crippen LogP contribution in [0.15, 0.2) is 18.2 Å². The van der Waals surface area contributed by atoms with Crippen molar-refractivity contribution in [2.45, 2.75) is 6.92 Å². The van der Waals surface area contributed by atoms with Gasteiger partial charge in [0.2, 0.25) is 0 Å². The van der Waals surface area contributed by atoms with E-state index in [0.717, 1.165) is 0 Å². The van der Waals surface area contributed by atoms with Crippen molar-refractivity contribution in [2.24, 2.45) is 0 Å². The van der Waals surface area contributed by atoms with Crippen molar-refractivity contribution >= 4 is 17.5 Å². The fourth-order valence-electron chi connectivity index (χ4n) is 1.33. The van der Waals surface area contributed by atoms with E-state index in [1.165, 1.54) is 12.1 Å². The van der Waals surface area contributed by atoms with E-state index >= 15 is 0 Å². The lowest BCUT2D eigenvalue weighted by Gasteiger charge is -2.10. The Labute approximate surface area is 111 Å². The molecule has 0 heterocycles. The molecule has 5 nitrogen and oxygen atoms in total. The van der Waals surface area contributed by atoms with Crippen LogP contribution in [0.4, 0.5) is 10.1 Å². The maximum absolute atomic E-state index is 13.3. The topological polar surface area (TPSA) is 61.4 Å². The molecule has 0 saturated heterocycles. The van der Waals surface area contributed by atoms with Gasteiger partial charge < -0.3 is 15.5 Å². The predicted octanol–water partition coefficient (Wildman–Crippen LogP) is 0.750. The van der Waals surface area contributed by atoms with E-state index < -0.39 is 17.6 Å². The monoisotopic (exact) mass is 267 g/mol. The Balaban J connectivity index is 2.49. The predicted molar refractivity (Wildman–Crippen MR) is 71.3 cm³/mol. The summed E-state index contributed by atoms with van der Waals surface area (Å²) in [6.45, 7) is 2.63. The van der Waals surface area contributed by atoms with Gasteiger partial charge in [-0.2, -0.15) is 0 Å². The second kappa shape index (κ2) is 6.84. The number of carbonyl (C=O) groups excluding carboxylic acids is 2. The lowest BCUT2D eigenvalue weighted by molar-refractivity contribution is -0.136. The Morgan fingerprint density at radius 1 is 1.26 bits per heavy atom. The summed E-state index contributed by atoms with van der Waals surface area (Å²) < 4.78 is 13.3. The zero-order valence-corrected chi connectivity index (χ0v) is 11.3. The van der Waals surface area contributed by atoms with Crippen LogP contribution in [0.25, 0.3) is 0 Å². The first-order chi connectivity index (χ1) is 8.90. The first-order valence-electron chi connectivity index (χ1n) is 5.90. The molecule has 0 radical (unpaired) electrons. The minimum absolute atomic E-state index is 0.260. The number of hydrogen-bond donors (Lipinski definition) is 2. The molecule has 6 heteroatoms. The molecule has 0 fully saturated rings.